The molecule has 0 atom stereocenters. The summed E-state index contributed by atoms with van der Waals surface area (Å²) >= 11 is 0. The summed E-state index contributed by atoms with van der Waals surface area (Å²) in [5.41, 5.74) is 1.26. The summed E-state index contributed by atoms with van der Waals surface area (Å²) in [6, 6.07) is 10.9. The summed E-state index contributed by atoms with van der Waals surface area (Å²) in [5, 5.41) is 17.4. The van der Waals surface area contributed by atoms with E-state index in [1.54, 1.807) is 20.3 Å². The van der Waals surface area contributed by atoms with Gasteiger partial charge in [-0.2, -0.15) is 5.10 Å². The number of hydrogen-bond acceptors (Lipinski definition) is 4. The van der Waals surface area contributed by atoms with E-state index in [0.717, 1.165) is 16.3 Å². The Kier molecular flexibility index (Phi) is 3.42. The lowest BCUT2D eigenvalue weighted by Crippen LogP contribution is -1.95. The third-order valence-electron chi connectivity index (χ3n) is 3.47. The minimum Gasteiger partial charge on any atom is -0.496 e. The number of hydrogen-bond donors (Lipinski definition) is 2. The monoisotopic (exact) mass is 298 g/mol. The van der Waals surface area contributed by atoms with Gasteiger partial charge in [0.05, 0.1) is 25.5 Å². The maximum Gasteiger partial charge on any atom is 0.353 e. The highest BCUT2D eigenvalue weighted by Gasteiger charge is 2.18. The van der Waals surface area contributed by atoms with Crippen molar-refractivity contribution in [2.75, 3.05) is 14.2 Å². The topological polar surface area (TPSA) is 84.4 Å². The standard InChI is InChI=1S/C16H14N2O4/c1-21-13-8-14(22-2)15(10-6-4-3-5-9(10)13)11-7-12(16(19)20)18-17-11/h3-8H,1-2H3,(H,17,18)(H,19,20). The first kappa shape index (κ1) is 13.9. The van der Waals surface area contributed by atoms with Gasteiger partial charge in [0.25, 0.3) is 0 Å². The fourth-order valence-corrected chi connectivity index (χ4v) is 2.47. The van der Waals surface area contributed by atoms with E-state index in [0.29, 0.717) is 17.2 Å². The lowest BCUT2D eigenvalue weighted by molar-refractivity contribution is 0.0690. The molecule has 1 heterocycles. The number of H-pyrrole nitrogens is 1. The first-order chi connectivity index (χ1) is 10.7. The molecule has 0 aliphatic heterocycles. The lowest BCUT2D eigenvalue weighted by atomic mass is 10.00. The van der Waals surface area contributed by atoms with Crippen molar-refractivity contribution in [3.63, 3.8) is 0 Å². The van der Waals surface area contributed by atoms with Crippen molar-refractivity contribution >= 4 is 16.7 Å². The van der Waals surface area contributed by atoms with Crippen molar-refractivity contribution in [1.82, 2.24) is 10.2 Å². The molecule has 3 aromatic rings. The largest absolute Gasteiger partial charge is 0.496 e. The normalized spacial score (nSPS) is 10.6. The predicted octanol–water partition coefficient (Wildman–Crippen LogP) is 2.95. The maximum absolute atomic E-state index is 11.0. The number of rotatable bonds is 4. The molecule has 6 heteroatoms. The number of carboxylic acid groups (broad SMARTS) is 1. The highest BCUT2D eigenvalue weighted by Crippen LogP contribution is 2.41. The minimum atomic E-state index is -1.06. The second-order valence-electron chi connectivity index (χ2n) is 4.67. The smallest absolute Gasteiger partial charge is 0.353 e. The van der Waals surface area contributed by atoms with E-state index in [1.165, 1.54) is 6.07 Å². The molecule has 0 unspecified atom stereocenters. The molecular weight excluding hydrogens is 284 g/mol. The van der Waals surface area contributed by atoms with E-state index in [-0.39, 0.29) is 5.69 Å². The van der Waals surface area contributed by atoms with Crippen molar-refractivity contribution in [3.05, 3.63) is 42.1 Å². The molecule has 0 bridgehead atoms. The van der Waals surface area contributed by atoms with Gasteiger partial charge >= 0.3 is 5.97 Å². The molecule has 6 nitrogen and oxygen atoms in total. The Morgan fingerprint density at radius 2 is 1.77 bits per heavy atom. The predicted molar refractivity (Wildman–Crippen MR) is 81.6 cm³/mol. The van der Waals surface area contributed by atoms with Crippen LogP contribution in [0.1, 0.15) is 10.5 Å². The SMILES string of the molecule is COc1cc(OC)c2ccccc2c1-c1cc(C(=O)O)[nH]n1. The Hall–Kier alpha value is -3.02. The van der Waals surface area contributed by atoms with E-state index in [2.05, 4.69) is 10.2 Å². The third-order valence-corrected chi connectivity index (χ3v) is 3.47. The van der Waals surface area contributed by atoms with Crippen molar-refractivity contribution < 1.29 is 19.4 Å². The average Bonchev–Trinajstić information content (AvgIpc) is 3.03. The molecule has 3 rings (SSSR count). The van der Waals surface area contributed by atoms with Crippen LogP contribution in [0, 0.1) is 0 Å². The summed E-state index contributed by atoms with van der Waals surface area (Å²) in [4.78, 5) is 11.0. The molecule has 22 heavy (non-hydrogen) atoms. The second kappa shape index (κ2) is 5.40. The molecule has 0 fully saturated rings. The van der Waals surface area contributed by atoms with Gasteiger partial charge in [0.1, 0.15) is 17.2 Å². The van der Waals surface area contributed by atoms with Crippen molar-refractivity contribution in [1.29, 1.82) is 0 Å². The van der Waals surface area contributed by atoms with Gasteiger partial charge in [0.15, 0.2) is 0 Å². The maximum atomic E-state index is 11.0. The molecule has 0 radical (unpaired) electrons. The molecule has 0 spiro atoms. The first-order valence-electron chi connectivity index (χ1n) is 6.58. The Labute approximate surface area is 126 Å². The van der Waals surface area contributed by atoms with Crippen molar-refractivity contribution in [2.24, 2.45) is 0 Å². The van der Waals surface area contributed by atoms with Gasteiger partial charge < -0.3 is 14.6 Å². The molecule has 0 saturated carbocycles. The average molecular weight is 298 g/mol. The Bertz CT molecular complexity index is 854. The minimum absolute atomic E-state index is 0.0250. The Morgan fingerprint density at radius 3 is 2.36 bits per heavy atom. The van der Waals surface area contributed by atoms with Gasteiger partial charge in [-0.25, -0.2) is 4.79 Å². The quantitative estimate of drug-likeness (QED) is 0.773. The number of methoxy groups -OCH3 is 2. The number of nitrogens with one attached hydrogen (secondary N) is 1. The van der Waals surface area contributed by atoms with E-state index in [1.807, 2.05) is 24.3 Å². The van der Waals surface area contributed by atoms with E-state index >= 15 is 0 Å². The number of ether oxygens (including phenoxy) is 2. The number of fused-ring (bicyclic) bond motifs is 1. The molecular formula is C16H14N2O4. The van der Waals surface area contributed by atoms with Crippen LogP contribution in [0.5, 0.6) is 11.5 Å². The van der Waals surface area contributed by atoms with Crippen molar-refractivity contribution in [3.8, 4) is 22.8 Å². The van der Waals surface area contributed by atoms with Crippen LogP contribution in [0.4, 0.5) is 0 Å². The van der Waals surface area contributed by atoms with Gasteiger partial charge in [0, 0.05) is 11.5 Å². The second-order valence-corrected chi connectivity index (χ2v) is 4.67. The van der Waals surface area contributed by atoms with Gasteiger partial charge in [-0.05, 0) is 11.5 Å². The van der Waals surface area contributed by atoms with Crippen molar-refractivity contribution in [2.45, 2.75) is 0 Å². The molecule has 0 aliphatic carbocycles. The van der Waals surface area contributed by atoms with Crippen LogP contribution in [-0.2, 0) is 0 Å². The summed E-state index contributed by atoms with van der Waals surface area (Å²) in [7, 11) is 3.15. The number of nitrogens with zero attached hydrogens (tertiary/aromatic N) is 1. The number of aromatic nitrogens is 2. The van der Waals surface area contributed by atoms with Gasteiger partial charge in [-0.1, -0.05) is 24.3 Å². The molecule has 0 amide bonds. The molecule has 2 aromatic carbocycles. The number of aromatic carboxylic acids is 1. The zero-order valence-electron chi connectivity index (χ0n) is 12.1. The first-order valence-corrected chi connectivity index (χ1v) is 6.58. The summed E-state index contributed by atoms with van der Waals surface area (Å²) in [6.45, 7) is 0. The van der Waals surface area contributed by atoms with Gasteiger partial charge in [-0.3, -0.25) is 5.10 Å². The number of carboxylic acids is 1. The fraction of sp³-hybridized carbons (Fsp3) is 0.125. The number of carbonyl (C=O) groups is 1. The fourth-order valence-electron chi connectivity index (χ4n) is 2.47. The Morgan fingerprint density at radius 1 is 1.09 bits per heavy atom. The number of aromatic amines is 1. The summed E-state index contributed by atoms with van der Waals surface area (Å²) in [6.07, 6.45) is 0. The summed E-state index contributed by atoms with van der Waals surface area (Å²) in [5.74, 6) is 0.194. The lowest BCUT2D eigenvalue weighted by Gasteiger charge is -2.13. The van der Waals surface area contributed by atoms with E-state index < -0.39 is 5.97 Å². The van der Waals surface area contributed by atoms with Crippen LogP contribution in [-0.4, -0.2) is 35.5 Å². The highest BCUT2D eigenvalue weighted by molar-refractivity contribution is 6.03. The van der Waals surface area contributed by atoms with Crippen LogP contribution in [0.3, 0.4) is 0 Å². The molecule has 0 aliphatic rings. The molecule has 1 aromatic heterocycles. The zero-order chi connectivity index (χ0) is 15.7. The zero-order valence-corrected chi connectivity index (χ0v) is 12.1. The van der Waals surface area contributed by atoms with E-state index in [9.17, 15) is 4.79 Å². The van der Waals surface area contributed by atoms with Crippen LogP contribution < -0.4 is 9.47 Å². The Balaban J connectivity index is 2.33. The van der Waals surface area contributed by atoms with E-state index in [4.69, 9.17) is 14.6 Å². The van der Waals surface area contributed by atoms with Crippen LogP contribution in [0.15, 0.2) is 36.4 Å². The van der Waals surface area contributed by atoms with Crippen LogP contribution in [0.2, 0.25) is 0 Å². The summed E-state index contributed by atoms with van der Waals surface area (Å²) < 4.78 is 10.8. The van der Waals surface area contributed by atoms with Gasteiger partial charge in [0.2, 0.25) is 0 Å². The molecule has 2 N–H and O–H groups in total. The van der Waals surface area contributed by atoms with Crippen LogP contribution >= 0.6 is 0 Å². The molecule has 0 saturated heterocycles. The van der Waals surface area contributed by atoms with Crippen LogP contribution in [0.25, 0.3) is 22.0 Å². The number of benzene rings is 2. The third kappa shape index (κ3) is 2.14. The molecule has 112 valence electrons. The highest BCUT2D eigenvalue weighted by atomic mass is 16.5. The van der Waals surface area contributed by atoms with Gasteiger partial charge in [-0.15, -0.1) is 0 Å².